The smallest absolute Gasteiger partial charge is 0.161 e. The molecule has 0 radical (unpaired) electrons. The van der Waals surface area contributed by atoms with E-state index in [0.717, 1.165) is 24.1 Å². The average Bonchev–Trinajstić information content (AvgIpc) is 2.51. The average molecular weight is 333 g/mol. The summed E-state index contributed by atoms with van der Waals surface area (Å²) in [5, 5.41) is 0. The predicted molar refractivity (Wildman–Crippen MR) is 95.9 cm³/mol. The summed E-state index contributed by atoms with van der Waals surface area (Å²) in [4.78, 5) is 0. The van der Waals surface area contributed by atoms with Gasteiger partial charge in [-0.25, -0.2) is 8.42 Å². The maximum atomic E-state index is 11.6. The van der Waals surface area contributed by atoms with E-state index in [9.17, 15) is 8.42 Å². The molecule has 1 heterocycles. The van der Waals surface area contributed by atoms with Crippen molar-refractivity contribution in [2.45, 2.75) is 78.1 Å². The molecule has 0 aromatic rings. The fraction of sp³-hybridized carbons (Fsp3) is 1.00. The molecule has 0 N–H and O–H groups in total. The van der Waals surface area contributed by atoms with E-state index in [0.29, 0.717) is 11.5 Å². The Morgan fingerprint density at radius 1 is 0.727 bits per heavy atom. The van der Waals surface area contributed by atoms with Crippen molar-refractivity contribution in [3.63, 3.8) is 0 Å². The van der Waals surface area contributed by atoms with Gasteiger partial charge in [0.25, 0.3) is 0 Å². The lowest BCUT2D eigenvalue weighted by Gasteiger charge is -2.40. The summed E-state index contributed by atoms with van der Waals surface area (Å²) in [7, 11) is -2.73. The number of rotatable bonds is 12. The van der Waals surface area contributed by atoms with E-state index in [1.54, 1.807) is 0 Å². The first-order chi connectivity index (χ1) is 10.5. The second-order valence-electron chi connectivity index (χ2n) is 7.16. The van der Waals surface area contributed by atoms with Crippen LogP contribution in [0.1, 0.15) is 78.1 Å². The molecule has 0 atom stereocenters. The molecule has 0 spiro atoms. The molecule has 1 aliphatic heterocycles. The van der Waals surface area contributed by atoms with E-state index < -0.39 is 9.84 Å². The van der Waals surface area contributed by atoms with E-state index >= 15 is 0 Å². The summed E-state index contributed by atoms with van der Waals surface area (Å²) in [5.74, 6) is 0.803. The Morgan fingerprint density at radius 3 is 1.64 bits per heavy atom. The number of unbranched alkanes of at least 4 members (excludes halogenated alkanes) is 9. The minimum atomic E-state index is -2.73. The predicted octanol–water partition coefficient (Wildman–Crippen LogP) is 4.17. The molecule has 0 aromatic carbocycles. The highest BCUT2D eigenvalue weighted by Crippen LogP contribution is 2.17. The lowest BCUT2D eigenvalue weighted by Crippen LogP contribution is -2.57. The van der Waals surface area contributed by atoms with E-state index in [1.165, 1.54) is 70.8 Å². The zero-order valence-electron chi connectivity index (χ0n) is 15.0. The largest absolute Gasteiger partial charge is 0.322 e. The molecule has 132 valence electrons. The quantitative estimate of drug-likeness (QED) is 0.397. The van der Waals surface area contributed by atoms with Gasteiger partial charge in [0.1, 0.15) is 0 Å². The molecular weight excluding hydrogens is 294 g/mol. The summed E-state index contributed by atoms with van der Waals surface area (Å²) in [6, 6.07) is 0. The normalized spacial score (nSPS) is 20.1. The lowest BCUT2D eigenvalue weighted by atomic mass is 10.1. The summed E-state index contributed by atoms with van der Waals surface area (Å²) >= 11 is 0. The third-order valence-electron chi connectivity index (χ3n) is 5.41. The van der Waals surface area contributed by atoms with Crippen LogP contribution in [0.2, 0.25) is 0 Å². The zero-order chi connectivity index (χ0) is 16.3. The van der Waals surface area contributed by atoms with Crippen molar-refractivity contribution in [1.29, 1.82) is 0 Å². The molecule has 0 bridgehead atoms. The summed E-state index contributed by atoms with van der Waals surface area (Å²) in [5.41, 5.74) is 0. The van der Waals surface area contributed by atoms with Crippen molar-refractivity contribution >= 4 is 9.84 Å². The van der Waals surface area contributed by atoms with Crippen LogP contribution in [0.25, 0.3) is 0 Å². The van der Waals surface area contributed by atoms with Gasteiger partial charge >= 0.3 is 0 Å². The third-order valence-corrected chi connectivity index (χ3v) is 7.02. The molecule has 1 rings (SSSR count). The van der Waals surface area contributed by atoms with Gasteiger partial charge in [-0.3, -0.25) is 0 Å². The Hall–Kier alpha value is -0.0900. The Balaban J connectivity index is 2.03. The monoisotopic (exact) mass is 332 g/mol. The third kappa shape index (κ3) is 7.96. The van der Waals surface area contributed by atoms with Gasteiger partial charge in [-0.05, 0) is 19.8 Å². The van der Waals surface area contributed by atoms with Crippen molar-refractivity contribution in [1.82, 2.24) is 0 Å². The number of nitrogens with zero attached hydrogens (tertiary/aromatic N) is 1. The molecule has 0 saturated carbocycles. The van der Waals surface area contributed by atoms with Crippen molar-refractivity contribution in [3.8, 4) is 0 Å². The van der Waals surface area contributed by atoms with Crippen molar-refractivity contribution < 1.29 is 12.9 Å². The van der Waals surface area contributed by atoms with Gasteiger partial charge in [-0.2, -0.15) is 0 Å². The number of quaternary nitrogens is 1. The van der Waals surface area contributed by atoms with Gasteiger partial charge in [-0.1, -0.05) is 58.3 Å². The lowest BCUT2D eigenvalue weighted by molar-refractivity contribution is -0.923. The Morgan fingerprint density at radius 2 is 1.18 bits per heavy atom. The zero-order valence-corrected chi connectivity index (χ0v) is 15.8. The number of hydrogen-bond donors (Lipinski definition) is 0. The van der Waals surface area contributed by atoms with E-state index in [-0.39, 0.29) is 0 Å². The van der Waals surface area contributed by atoms with E-state index in [2.05, 4.69) is 13.8 Å². The van der Waals surface area contributed by atoms with Gasteiger partial charge in [0.15, 0.2) is 9.84 Å². The molecule has 3 nitrogen and oxygen atoms in total. The Labute approximate surface area is 139 Å². The highest BCUT2D eigenvalue weighted by molar-refractivity contribution is 7.91. The van der Waals surface area contributed by atoms with Gasteiger partial charge < -0.3 is 4.48 Å². The molecular formula is C18H38NO2S+. The summed E-state index contributed by atoms with van der Waals surface area (Å²) in [6.45, 7) is 8.44. The second-order valence-corrected chi connectivity index (χ2v) is 9.47. The summed E-state index contributed by atoms with van der Waals surface area (Å²) in [6.07, 6.45) is 13.7. The first-order valence-electron chi connectivity index (χ1n) is 9.59. The minimum Gasteiger partial charge on any atom is -0.322 e. The highest BCUT2D eigenvalue weighted by atomic mass is 32.2. The van der Waals surface area contributed by atoms with Crippen LogP contribution < -0.4 is 0 Å². The molecule has 0 aromatic heterocycles. The van der Waals surface area contributed by atoms with Crippen LogP contribution in [0.4, 0.5) is 0 Å². The molecule has 1 saturated heterocycles. The minimum absolute atomic E-state index is 0.401. The highest BCUT2D eigenvalue weighted by Gasteiger charge is 2.34. The second kappa shape index (κ2) is 10.6. The van der Waals surface area contributed by atoms with Crippen LogP contribution in [0.3, 0.4) is 0 Å². The van der Waals surface area contributed by atoms with Gasteiger partial charge in [-0.15, -0.1) is 0 Å². The topological polar surface area (TPSA) is 34.1 Å². The van der Waals surface area contributed by atoms with Crippen LogP contribution in [0, 0.1) is 0 Å². The molecule has 0 amide bonds. The molecule has 22 heavy (non-hydrogen) atoms. The molecule has 0 aliphatic carbocycles. The fourth-order valence-electron chi connectivity index (χ4n) is 3.51. The van der Waals surface area contributed by atoms with Crippen molar-refractivity contribution in [2.24, 2.45) is 0 Å². The maximum absolute atomic E-state index is 11.6. The fourth-order valence-corrected chi connectivity index (χ4v) is 5.05. The van der Waals surface area contributed by atoms with Gasteiger partial charge in [0.05, 0.1) is 37.7 Å². The first kappa shape index (κ1) is 20.0. The van der Waals surface area contributed by atoms with E-state index in [1.807, 2.05) is 0 Å². The van der Waals surface area contributed by atoms with Crippen LogP contribution in [-0.4, -0.2) is 50.6 Å². The van der Waals surface area contributed by atoms with Gasteiger partial charge in [0, 0.05) is 0 Å². The van der Waals surface area contributed by atoms with Crippen molar-refractivity contribution in [2.75, 3.05) is 37.7 Å². The van der Waals surface area contributed by atoms with Crippen LogP contribution in [0.5, 0.6) is 0 Å². The maximum Gasteiger partial charge on any atom is 0.161 e. The molecule has 4 heteroatoms. The van der Waals surface area contributed by atoms with Crippen LogP contribution in [0.15, 0.2) is 0 Å². The SMILES string of the molecule is CCCCCCCCCCCC[N+]1(CC)CCS(=O)(=O)CC1. The van der Waals surface area contributed by atoms with Crippen molar-refractivity contribution in [3.05, 3.63) is 0 Å². The van der Waals surface area contributed by atoms with Gasteiger partial charge in [0.2, 0.25) is 0 Å². The van der Waals surface area contributed by atoms with Crippen LogP contribution >= 0.6 is 0 Å². The first-order valence-corrected chi connectivity index (χ1v) is 11.4. The number of sulfone groups is 1. The molecule has 1 fully saturated rings. The Kier molecular flexibility index (Phi) is 9.65. The van der Waals surface area contributed by atoms with E-state index in [4.69, 9.17) is 0 Å². The summed E-state index contributed by atoms with van der Waals surface area (Å²) < 4.78 is 24.2. The standard InChI is InChI=1S/C18H38NO2S/c1-3-5-6-7-8-9-10-11-12-13-14-19(4-2)15-17-22(20,21)18-16-19/h3-18H2,1-2H3/q+1. The molecule has 0 unspecified atom stereocenters. The Bertz CT molecular complexity index is 365. The number of hydrogen-bond acceptors (Lipinski definition) is 2. The van der Waals surface area contributed by atoms with Crippen LogP contribution in [-0.2, 0) is 9.84 Å². The molecule has 1 aliphatic rings.